The summed E-state index contributed by atoms with van der Waals surface area (Å²) in [6.07, 6.45) is 0. The van der Waals surface area contributed by atoms with E-state index >= 15 is 0 Å². The first kappa shape index (κ1) is 16.3. The summed E-state index contributed by atoms with van der Waals surface area (Å²) in [5, 5.41) is 2.77. The summed E-state index contributed by atoms with van der Waals surface area (Å²) >= 11 is 1.12. The highest BCUT2D eigenvalue weighted by Crippen LogP contribution is 2.29. The van der Waals surface area contributed by atoms with Gasteiger partial charge in [0.15, 0.2) is 5.13 Å². The van der Waals surface area contributed by atoms with Gasteiger partial charge in [-0.1, -0.05) is 29.5 Å². The van der Waals surface area contributed by atoms with Crippen LogP contribution in [0.25, 0.3) is 10.2 Å². The number of aromatic nitrogens is 1. The SMILES string of the molecule is CC(C(=O)Nc1nc2c(F)cccc2s1)N1C(=O)c2ccccc2C1=O. The van der Waals surface area contributed by atoms with Gasteiger partial charge in [0.1, 0.15) is 17.4 Å². The van der Waals surface area contributed by atoms with Gasteiger partial charge in [-0.2, -0.15) is 0 Å². The fourth-order valence-electron chi connectivity index (χ4n) is 2.86. The molecule has 0 aliphatic carbocycles. The zero-order valence-corrected chi connectivity index (χ0v) is 14.3. The van der Waals surface area contributed by atoms with Crippen LogP contribution in [-0.4, -0.2) is 33.6 Å². The molecule has 2 heterocycles. The first-order chi connectivity index (χ1) is 12.5. The second kappa shape index (κ2) is 5.99. The molecule has 1 aromatic heterocycles. The summed E-state index contributed by atoms with van der Waals surface area (Å²) in [5.74, 6) is -2.07. The van der Waals surface area contributed by atoms with E-state index in [4.69, 9.17) is 0 Å². The van der Waals surface area contributed by atoms with Crippen molar-refractivity contribution in [3.63, 3.8) is 0 Å². The molecule has 0 radical (unpaired) electrons. The van der Waals surface area contributed by atoms with E-state index in [1.165, 1.54) is 13.0 Å². The third kappa shape index (κ3) is 2.46. The number of thiazole rings is 1. The Balaban J connectivity index is 1.57. The number of imide groups is 1. The van der Waals surface area contributed by atoms with Crippen molar-refractivity contribution in [2.75, 3.05) is 5.32 Å². The first-order valence-corrected chi connectivity index (χ1v) is 8.62. The topological polar surface area (TPSA) is 79.4 Å². The minimum atomic E-state index is -1.03. The number of para-hydroxylation sites is 1. The van der Waals surface area contributed by atoms with Crippen LogP contribution >= 0.6 is 11.3 Å². The van der Waals surface area contributed by atoms with Gasteiger partial charge in [-0.3, -0.25) is 19.3 Å². The summed E-state index contributed by atoms with van der Waals surface area (Å²) < 4.78 is 14.3. The molecule has 2 aromatic carbocycles. The number of hydrogen-bond donors (Lipinski definition) is 1. The maximum Gasteiger partial charge on any atom is 0.262 e. The third-order valence-corrected chi connectivity index (χ3v) is 5.13. The molecule has 1 aliphatic rings. The van der Waals surface area contributed by atoms with E-state index in [1.807, 2.05) is 0 Å². The number of benzene rings is 2. The van der Waals surface area contributed by atoms with Crippen LogP contribution in [0.3, 0.4) is 0 Å². The number of rotatable bonds is 3. The molecule has 3 amide bonds. The largest absolute Gasteiger partial charge is 0.300 e. The molecule has 3 aromatic rings. The Labute approximate surface area is 151 Å². The highest BCUT2D eigenvalue weighted by atomic mass is 32.1. The van der Waals surface area contributed by atoms with Crippen molar-refractivity contribution >= 4 is 44.4 Å². The zero-order chi connectivity index (χ0) is 18.4. The molecule has 0 spiro atoms. The summed E-state index contributed by atoms with van der Waals surface area (Å²) in [7, 11) is 0. The minimum Gasteiger partial charge on any atom is -0.300 e. The van der Waals surface area contributed by atoms with Crippen LogP contribution in [0.2, 0.25) is 0 Å². The number of carbonyl (C=O) groups is 3. The number of anilines is 1. The van der Waals surface area contributed by atoms with Gasteiger partial charge in [0.05, 0.1) is 15.8 Å². The maximum atomic E-state index is 13.7. The lowest BCUT2D eigenvalue weighted by atomic mass is 10.1. The van der Waals surface area contributed by atoms with Crippen LogP contribution in [0.15, 0.2) is 42.5 Å². The van der Waals surface area contributed by atoms with Gasteiger partial charge in [0, 0.05) is 0 Å². The standard InChI is InChI=1S/C18H12FN3O3S/c1-9(22-16(24)10-5-2-3-6-11(10)17(22)25)15(23)21-18-20-14-12(19)7-4-8-13(14)26-18/h2-9H,1H3,(H,20,21,23). The molecule has 4 rings (SSSR count). The molecule has 130 valence electrons. The van der Waals surface area contributed by atoms with Gasteiger partial charge in [-0.25, -0.2) is 9.37 Å². The van der Waals surface area contributed by atoms with Crippen LogP contribution < -0.4 is 5.32 Å². The Kier molecular flexibility index (Phi) is 3.77. The van der Waals surface area contributed by atoms with Crippen molar-refractivity contribution in [1.82, 2.24) is 9.88 Å². The average molecular weight is 369 g/mol. The molecular weight excluding hydrogens is 357 g/mol. The van der Waals surface area contributed by atoms with Crippen molar-refractivity contribution in [2.45, 2.75) is 13.0 Å². The number of fused-ring (bicyclic) bond motifs is 2. The third-order valence-electron chi connectivity index (χ3n) is 4.19. The Morgan fingerprint density at radius 3 is 2.38 bits per heavy atom. The van der Waals surface area contributed by atoms with Crippen molar-refractivity contribution < 1.29 is 18.8 Å². The Morgan fingerprint density at radius 2 is 1.77 bits per heavy atom. The first-order valence-electron chi connectivity index (χ1n) is 7.80. The lowest BCUT2D eigenvalue weighted by Crippen LogP contribution is -2.45. The number of nitrogens with one attached hydrogen (secondary N) is 1. The van der Waals surface area contributed by atoms with Crippen LogP contribution in [0.5, 0.6) is 0 Å². The molecular formula is C18H12FN3O3S. The van der Waals surface area contributed by atoms with Gasteiger partial charge in [-0.15, -0.1) is 0 Å². The second-order valence-corrected chi connectivity index (χ2v) is 6.83. The van der Waals surface area contributed by atoms with Crippen molar-refractivity contribution in [1.29, 1.82) is 0 Å². The van der Waals surface area contributed by atoms with Crippen molar-refractivity contribution in [3.05, 3.63) is 59.4 Å². The predicted octanol–water partition coefficient (Wildman–Crippen LogP) is 3.06. The van der Waals surface area contributed by atoms with Gasteiger partial charge in [-0.05, 0) is 31.2 Å². The number of amides is 3. The number of hydrogen-bond acceptors (Lipinski definition) is 5. The van der Waals surface area contributed by atoms with E-state index in [0.29, 0.717) is 4.70 Å². The van der Waals surface area contributed by atoms with Crippen molar-refractivity contribution in [2.24, 2.45) is 0 Å². The van der Waals surface area contributed by atoms with Gasteiger partial charge in [0.2, 0.25) is 5.91 Å². The lowest BCUT2D eigenvalue weighted by Gasteiger charge is -2.21. The fourth-order valence-corrected chi connectivity index (χ4v) is 3.74. The second-order valence-electron chi connectivity index (χ2n) is 5.80. The normalized spacial score (nSPS) is 14.6. The molecule has 0 saturated heterocycles. The molecule has 1 unspecified atom stereocenters. The molecule has 26 heavy (non-hydrogen) atoms. The van der Waals surface area contributed by atoms with E-state index in [2.05, 4.69) is 10.3 Å². The molecule has 1 N–H and O–H groups in total. The van der Waals surface area contributed by atoms with E-state index in [0.717, 1.165) is 16.2 Å². The van der Waals surface area contributed by atoms with E-state index in [-0.39, 0.29) is 21.8 Å². The Morgan fingerprint density at radius 1 is 1.12 bits per heavy atom. The summed E-state index contributed by atoms with van der Waals surface area (Å²) in [4.78, 5) is 42.4. The monoisotopic (exact) mass is 369 g/mol. The highest BCUT2D eigenvalue weighted by molar-refractivity contribution is 7.22. The fraction of sp³-hybridized carbons (Fsp3) is 0.111. The molecule has 1 aliphatic heterocycles. The van der Waals surface area contributed by atoms with Gasteiger partial charge < -0.3 is 5.32 Å². The highest BCUT2D eigenvalue weighted by Gasteiger charge is 2.40. The quantitative estimate of drug-likeness (QED) is 0.720. The zero-order valence-electron chi connectivity index (χ0n) is 13.5. The molecule has 8 heteroatoms. The number of nitrogens with zero attached hydrogens (tertiary/aromatic N) is 2. The Bertz CT molecular complexity index is 1040. The molecule has 0 saturated carbocycles. The van der Waals surface area contributed by atoms with Crippen LogP contribution in [-0.2, 0) is 4.79 Å². The Hall–Kier alpha value is -3.13. The van der Waals surface area contributed by atoms with Crippen LogP contribution in [0.4, 0.5) is 9.52 Å². The molecule has 0 bridgehead atoms. The van der Waals surface area contributed by atoms with Crippen LogP contribution in [0.1, 0.15) is 27.6 Å². The summed E-state index contributed by atoms with van der Waals surface area (Å²) in [5.41, 5.74) is 0.722. The van der Waals surface area contributed by atoms with Gasteiger partial charge >= 0.3 is 0 Å². The number of carbonyl (C=O) groups excluding carboxylic acids is 3. The lowest BCUT2D eigenvalue weighted by molar-refractivity contribution is -0.119. The molecule has 6 nitrogen and oxygen atoms in total. The average Bonchev–Trinajstić information content (AvgIpc) is 3.15. The van der Waals surface area contributed by atoms with E-state index in [1.54, 1.807) is 36.4 Å². The van der Waals surface area contributed by atoms with Crippen LogP contribution in [0, 0.1) is 5.82 Å². The molecule has 0 fully saturated rings. The summed E-state index contributed by atoms with van der Waals surface area (Å²) in [6, 6.07) is 9.94. The predicted molar refractivity (Wildman–Crippen MR) is 94.6 cm³/mol. The number of halogens is 1. The van der Waals surface area contributed by atoms with Gasteiger partial charge in [0.25, 0.3) is 11.8 Å². The molecule has 1 atom stereocenters. The van der Waals surface area contributed by atoms with Crippen molar-refractivity contribution in [3.8, 4) is 0 Å². The minimum absolute atomic E-state index is 0.168. The maximum absolute atomic E-state index is 13.7. The summed E-state index contributed by atoms with van der Waals surface area (Å²) in [6.45, 7) is 1.46. The van der Waals surface area contributed by atoms with E-state index in [9.17, 15) is 18.8 Å². The smallest absolute Gasteiger partial charge is 0.262 e. The van der Waals surface area contributed by atoms with E-state index < -0.39 is 29.6 Å².